The third-order valence-electron chi connectivity index (χ3n) is 8.62. The quantitative estimate of drug-likeness (QED) is 0.246. The van der Waals surface area contributed by atoms with E-state index in [0.29, 0.717) is 56.4 Å². The van der Waals surface area contributed by atoms with Crippen LogP contribution in [0.15, 0.2) is 79.3 Å². The Bertz CT molecular complexity index is 1550. The molecule has 46 heavy (non-hydrogen) atoms. The molecule has 4 heterocycles. The Morgan fingerprint density at radius 1 is 0.913 bits per heavy atom. The minimum Gasteiger partial charge on any atom is -0.481 e. The highest BCUT2D eigenvalue weighted by atomic mass is 19.1. The monoisotopic (exact) mass is 627 g/mol. The minimum atomic E-state index is -0.664. The number of carbonyl (C=O) groups is 1. The summed E-state index contributed by atoms with van der Waals surface area (Å²) in [7, 11) is 2.99. The topological polar surface area (TPSA) is 106 Å². The second-order valence-corrected chi connectivity index (χ2v) is 11.3. The number of hydrogen-bond donors (Lipinski definition) is 0. The number of nitrogens with zero attached hydrogens (tertiary/aromatic N) is 7. The summed E-state index contributed by atoms with van der Waals surface area (Å²) < 4.78 is 29.9. The van der Waals surface area contributed by atoms with Gasteiger partial charge in [-0.1, -0.05) is 60.7 Å². The van der Waals surface area contributed by atoms with Crippen molar-refractivity contribution in [1.29, 1.82) is 0 Å². The van der Waals surface area contributed by atoms with E-state index >= 15 is 0 Å². The molecule has 2 aromatic carbocycles. The van der Waals surface area contributed by atoms with E-state index in [9.17, 15) is 9.18 Å². The highest BCUT2D eigenvalue weighted by molar-refractivity contribution is 5.92. The van der Waals surface area contributed by atoms with Crippen LogP contribution < -0.4 is 14.2 Å². The van der Waals surface area contributed by atoms with Gasteiger partial charge in [0, 0.05) is 69.7 Å². The Labute approximate surface area is 268 Å². The van der Waals surface area contributed by atoms with E-state index in [0.717, 1.165) is 0 Å². The molecule has 0 N–H and O–H groups in total. The Balaban J connectivity index is 1.37. The molecule has 1 amide bonds. The fourth-order valence-corrected chi connectivity index (χ4v) is 6.65. The Hall–Kier alpha value is -4.68. The lowest BCUT2D eigenvalue weighted by atomic mass is 9.81. The summed E-state index contributed by atoms with van der Waals surface area (Å²) >= 11 is 0. The molecular weight excluding hydrogens is 589 g/mol. The Kier molecular flexibility index (Phi) is 9.94. The number of amides is 1. The second-order valence-electron chi connectivity index (χ2n) is 11.3. The van der Waals surface area contributed by atoms with Gasteiger partial charge in [0.1, 0.15) is 19.0 Å². The fraction of sp³-hybridized carbons (Fsp3) is 0.382. The molecule has 0 saturated carbocycles. The summed E-state index contributed by atoms with van der Waals surface area (Å²) in [5, 5.41) is 0. The normalized spacial score (nSPS) is 18.7. The largest absolute Gasteiger partial charge is 0.481 e. The van der Waals surface area contributed by atoms with Crippen molar-refractivity contribution < 1.29 is 23.4 Å². The molecule has 12 heteroatoms. The van der Waals surface area contributed by atoms with Gasteiger partial charge in [-0.2, -0.15) is 9.97 Å². The Morgan fingerprint density at radius 3 is 2.26 bits per heavy atom. The molecular formula is C34H38FN7O4. The number of alkyl halides is 1. The van der Waals surface area contributed by atoms with Crippen LogP contribution >= 0.6 is 0 Å². The van der Waals surface area contributed by atoms with Crippen LogP contribution in [0, 0.1) is 0 Å². The van der Waals surface area contributed by atoms with Gasteiger partial charge in [0.15, 0.2) is 0 Å². The molecule has 2 fully saturated rings. The lowest BCUT2D eigenvalue weighted by Gasteiger charge is -2.53. The number of methoxy groups -OCH3 is 2. The van der Waals surface area contributed by atoms with Crippen molar-refractivity contribution in [2.24, 2.45) is 0 Å². The predicted octanol–water partition coefficient (Wildman–Crippen LogP) is 3.48. The van der Waals surface area contributed by atoms with Crippen LogP contribution in [0.2, 0.25) is 0 Å². The molecule has 2 aliphatic rings. The first-order valence-electron chi connectivity index (χ1n) is 15.4. The van der Waals surface area contributed by atoms with Gasteiger partial charge in [0.05, 0.1) is 26.0 Å². The SMILES string of the molecule is COc1nc(OC)c(CN2C[C@@H]3CN(C(=O)c4cnccn4)CCN3[C@H](C(c3ccccc3)c3ccccc3)C2)c(OCCF)n1. The van der Waals surface area contributed by atoms with Crippen molar-refractivity contribution in [2.45, 2.75) is 24.5 Å². The van der Waals surface area contributed by atoms with Crippen LogP contribution in [0.5, 0.6) is 17.8 Å². The number of fused-ring (bicyclic) bond motifs is 1. The van der Waals surface area contributed by atoms with Crippen molar-refractivity contribution in [3.63, 3.8) is 0 Å². The third kappa shape index (κ3) is 6.77. The number of piperazine rings is 2. The second kappa shape index (κ2) is 14.6. The maximum absolute atomic E-state index is 13.5. The van der Waals surface area contributed by atoms with Crippen LogP contribution in [0.25, 0.3) is 0 Å². The van der Waals surface area contributed by atoms with Gasteiger partial charge < -0.3 is 19.1 Å². The van der Waals surface area contributed by atoms with E-state index in [1.54, 1.807) is 12.4 Å². The van der Waals surface area contributed by atoms with Gasteiger partial charge in [-0.25, -0.2) is 9.37 Å². The lowest BCUT2D eigenvalue weighted by molar-refractivity contribution is -0.0293. The molecule has 0 radical (unpaired) electrons. The molecule has 11 nitrogen and oxygen atoms in total. The maximum atomic E-state index is 13.5. The van der Waals surface area contributed by atoms with Gasteiger partial charge >= 0.3 is 6.01 Å². The van der Waals surface area contributed by atoms with Crippen molar-refractivity contribution in [3.8, 4) is 17.8 Å². The highest BCUT2D eigenvalue weighted by Crippen LogP contribution is 2.37. The molecule has 0 spiro atoms. The average molecular weight is 628 g/mol. The van der Waals surface area contributed by atoms with E-state index in [4.69, 9.17) is 14.2 Å². The van der Waals surface area contributed by atoms with Crippen molar-refractivity contribution in [3.05, 3.63) is 102 Å². The molecule has 240 valence electrons. The fourth-order valence-electron chi connectivity index (χ4n) is 6.65. The summed E-state index contributed by atoms with van der Waals surface area (Å²) in [4.78, 5) is 37.4. The lowest BCUT2D eigenvalue weighted by Crippen LogP contribution is -2.67. The predicted molar refractivity (Wildman–Crippen MR) is 169 cm³/mol. The number of rotatable bonds is 11. The molecule has 0 bridgehead atoms. The zero-order valence-electron chi connectivity index (χ0n) is 26.0. The summed E-state index contributed by atoms with van der Waals surface area (Å²) in [5.74, 6) is 0.471. The smallest absolute Gasteiger partial charge is 0.322 e. The van der Waals surface area contributed by atoms with Crippen molar-refractivity contribution >= 4 is 5.91 Å². The summed E-state index contributed by atoms with van der Waals surface area (Å²) in [5.41, 5.74) is 3.38. The van der Waals surface area contributed by atoms with Gasteiger partial charge in [-0.3, -0.25) is 19.6 Å². The molecule has 6 rings (SSSR count). The van der Waals surface area contributed by atoms with Crippen LogP contribution in [-0.2, 0) is 6.54 Å². The van der Waals surface area contributed by atoms with Crippen molar-refractivity contribution in [1.82, 2.24) is 34.6 Å². The molecule has 2 atom stereocenters. The van der Waals surface area contributed by atoms with Crippen LogP contribution in [-0.4, -0.2) is 113 Å². The van der Waals surface area contributed by atoms with E-state index in [1.165, 1.54) is 31.5 Å². The third-order valence-corrected chi connectivity index (χ3v) is 8.62. The summed E-state index contributed by atoms with van der Waals surface area (Å²) in [6.07, 6.45) is 4.62. The standard InChI is InChI=1S/C34H38FN7O4/c1-44-31-27(32(46-18-13-35)39-34(38-31)45-2)22-40-20-26-21-41(33(43)28-19-36-14-15-37-28)16-17-42(26)29(23-40)30(24-9-5-3-6-10-24)25-11-7-4-8-12-25/h3-12,14-15,19,26,29-30H,13,16-18,20-23H2,1-2H3/t26-,29+/m1/s1. The molecule has 0 aliphatic carbocycles. The molecule has 0 unspecified atom stereocenters. The first-order chi connectivity index (χ1) is 22.6. The number of aromatic nitrogens is 4. The summed E-state index contributed by atoms with van der Waals surface area (Å²) in [6.45, 7) is 2.77. The van der Waals surface area contributed by atoms with Crippen molar-refractivity contribution in [2.75, 3.05) is 60.2 Å². The maximum Gasteiger partial charge on any atom is 0.322 e. The van der Waals surface area contributed by atoms with Crippen LogP contribution in [0.1, 0.15) is 33.1 Å². The Morgan fingerprint density at radius 2 is 1.63 bits per heavy atom. The molecule has 4 aromatic rings. The average Bonchev–Trinajstić information content (AvgIpc) is 3.11. The van der Waals surface area contributed by atoms with Gasteiger partial charge in [-0.15, -0.1) is 0 Å². The van der Waals surface area contributed by atoms with Crippen LogP contribution in [0.3, 0.4) is 0 Å². The number of ether oxygens (including phenoxy) is 3. The molecule has 2 aromatic heterocycles. The van der Waals surface area contributed by atoms with E-state index in [1.807, 2.05) is 17.0 Å². The van der Waals surface area contributed by atoms with Gasteiger partial charge in [0.25, 0.3) is 5.91 Å². The number of hydrogen-bond acceptors (Lipinski definition) is 10. The number of benzene rings is 2. The zero-order valence-corrected chi connectivity index (χ0v) is 26.0. The first kappa shape index (κ1) is 31.3. The van der Waals surface area contributed by atoms with E-state index in [2.05, 4.69) is 78.3 Å². The number of carbonyl (C=O) groups excluding carboxylic acids is 1. The van der Waals surface area contributed by atoms with E-state index in [-0.39, 0.29) is 42.4 Å². The van der Waals surface area contributed by atoms with Crippen LogP contribution in [0.4, 0.5) is 4.39 Å². The number of halogens is 1. The highest BCUT2D eigenvalue weighted by Gasteiger charge is 2.43. The minimum absolute atomic E-state index is 0.0171. The molecule has 2 aliphatic heterocycles. The van der Waals surface area contributed by atoms with Gasteiger partial charge in [-0.05, 0) is 11.1 Å². The van der Waals surface area contributed by atoms with Gasteiger partial charge in [0.2, 0.25) is 11.8 Å². The van der Waals surface area contributed by atoms with E-state index < -0.39 is 6.67 Å². The summed E-state index contributed by atoms with van der Waals surface area (Å²) in [6, 6.07) is 21.3. The molecule has 2 saturated heterocycles. The first-order valence-corrected chi connectivity index (χ1v) is 15.4. The zero-order chi connectivity index (χ0) is 31.9.